The van der Waals surface area contributed by atoms with Crippen LogP contribution in [0.4, 0.5) is 0 Å². The molecule has 0 aliphatic carbocycles. The molecular weight excluding hydrogens is 290 g/mol. The van der Waals surface area contributed by atoms with Gasteiger partial charge in [-0.1, -0.05) is 24.6 Å². The third kappa shape index (κ3) is 2.83. The Labute approximate surface area is 129 Å². The third-order valence-electron chi connectivity index (χ3n) is 3.67. The van der Waals surface area contributed by atoms with Crippen LogP contribution in [0.3, 0.4) is 0 Å². The topological polar surface area (TPSA) is 29.9 Å². The monoisotopic (exact) mass is 309 g/mol. The predicted octanol–water partition coefficient (Wildman–Crippen LogP) is 3.35. The number of thioether (sulfide) groups is 1. The molecule has 20 heavy (non-hydrogen) atoms. The van der Waals surface area contributed by atoms with E-state index >= 15 is 0 Å². The van der Waals surface area contributed by atoms with Crippen LogP contribution < -0.4 is 5.32 Å². The van der Waals surface area contributed by atoms with Gasteiger partial charge in [0.1, 0.15) is 5.82 Å². The third-order valence-corrected chi connectivity index (χ3v) is 5.11. The summed E-state index contributed by atoms with van der Waals surface area (Å²) in [6.45, 7) is 4.28. The quantitative estimate of drug-likeness (QED) is 0.939. The molecule has 5 heteroatoms. The minimum absolute atomic E-state index is 0.528. The van der Waals surface area contributed by atoms with E-state index in [-0.39, 0.29) is 0 Å². The summed E-state index contributed by atoms with van der Waals surface area (Å²) < 4.78 is 2.30. The Morgan fingerprint density at radius 2 is 2.40 bits per heavy atom. The first kappa shape index (κ1) is 14.2. The maximum Gasteiger partial charge on any atom is 0.111 e. The lowest BCUT2D eigenvalue weighted by Crippen LogP contribution is -2.39. The molecule has 3 rings (SSSR count). The van der Waals surface area contributed by atoms with Gasteiger partial charge in [-0.05, 0) is 18.6 Å². The van der Waals surface area contributed by atoms with Crippen LogP contribution in [0.5, 0.6) is 0 Å². The largest absolute Gasteiger partial charge is 0.327 e. The summed E-state index contributed by atoms with van der Waals surface area (Å²) in [5, 5.41) is 4.39. The lowest BCUT2D eigenvalue weighted by atomic mass is 10.2. The number of hydrogen-bond donors (Lipinski definition) is 1. The van der Waals surface area contributed by atoms with Crippen molar-refractivity contribution in [1.82, 2.24) is 14.9 Å². The van der Waals surface area contributed by atoms with Gasteiger partial charge in [0, 0.05) is 37.1 Å². The van der Waals surface area contributed by atoms with Gasteiger partial charge in [0.25, 0.3) is 0 Å². The Kier molecular flexibility index (Phi) is 4.54. The number of aromatic nitrogens is 2. The second kappa shape index (κ2) is 6.37. The van der Waals surface area contributed by atoms with Crippen LogP contribution in [0, 0.1) is 0 Å². The Balaban J connectivity index is 1.96. The normalized spacial score (nSPS) is 19.6. The first-order chi connectivity index (χ1) is 9.79. The number of para-hydroxylation sites is 1. The van der Waals surface area contributed by atoms with Gasteiger partial charge in [-0.2, -0.15) is 11.8 Å². The Morgan fingerprint density at radius 3 is 3.15 bits per heavy atom. The molecule has 0 amide bonds. The van der Waals surface area contributed by atoms with Crippen molar-refractivity contribution in [3.8, 4) is 0 Å². The van der Waals surface area contributed by atoms with E-state index < -0.39 is 0 Å². The fourth-order valence-electron chi connectivity index (χ4n) is 2.78. The van der Waals surface area contributed by atoms with E-state index in [1.54, 1.807) is 0 Å². The van der Waals surface area contributed by atoms with Crippen LogP contribution in [0.2, 0.25) is 5.02 Å². The summed E-state index contributed by atoms with van der Waals surface area (Å²) in [5.41, 5.74) is 2.11. The zero-order chi connectivity index (χ0) is 13.9. The van der Waals surface area contributed by atoms with E-state index in [1.165, 1.54) is 11.5 Å². The molecule has 0 spiro atoms. The average molecular weight is 310 g/mol. The molecular formula is C15H20ClN3S. The molecule has 3 nitrogen and oxygen atoms in total. The van der Waals surface area contributed by atoms with Crippen molar-refractivity contribution in [2.75, 3.05) is 18.1 Å². The minimum atomic E-state index is 0.528. The number of nitrogens with zero attached hydrogens (tertiary/aromatic N) is 2. The van der Waals surface area contributed by atoms with Crippen molar-refractivity contribution in [2.45, 2.75) is 32.4 Å². The molecule has 2 aromatic rings. The highest BCUT2D eigenvalue weighted by Gasteiger charge is 2.19. The maximum atomic E-state index is 6.37. The van der Waals surface area contributed by atoms with Gasteiger partial charge in [-0.25, -0.2) is 4.98 Å². The average Bonchev–Trinajstić information content (AvgIpc) is 2.80. The van der Waals surface area contributed by atoms with Crippen LogP contribution in [-0.4, -0.2) is 33.6 Å². The van der Waals surface area contributed by atoms with Crippen molar-refractivity contribution in [2.24, 2.45) is 0 Å². The highest BCUT2D eigenvalue weighted by atomic mass is 35.5. The van der Waals surface area contributed by atoms with E-state index in [9.17, 15) is 0 Å². The fourth-order valence-corrected chi connectivity index (χ4v) is 4.00. The van der Waals surface area contributed by atoms with Gasteiger partial charge in [0.2, 0.25) is 0 Å². The van der Waals surface area contributed by atoms with Gasteiger partial charge >= 0.3 is 0 Å². The summed E-state index contributed by atoms with van der Waals surface area (Å²) in [6, 6.07) is 6.52. The number of fused-ring (bicyclic) bond motifs is 1. The zero-order valence-electron chi connectivity index (χ0n) is 11.7. The number of hydrogen-bond acceptors (Lipinski definition) is 3. The Morgan fingerprint density at radius 1 is 1.50 bits per heavy atom. The van der Waals surface area contributed by atoms with E-state index in [1.807, 2.05) is 23.9 Å². The smallest absolute Gasteiger partial charge is 0.111 e. The minimum Gasteiger partial charge on any atom is -0.327 e. The van der Waals surface area contributed by atoms with Gasteiger partial charge in [0.15, 0.2) is 0 Å². The SMILES string of the molecule is CCCn1c(CC2CSCCN2)nc2cccc(Cl)c21. The summed E-state index contributed by atoms with van der Waals surface area (Å²) in [5.74, 6) is 3.55. The molecule has 0 bridgehead atoms. The molecule has 2 heterocycles. The van der Waals surface area contributed by atoms with Crippen molar-refractivity contribution in [1.29, 1.82) is 0 Å². The van der Waals surface area contributed by atoms with Crippen LogP contribution in [0.25, 0.3) is 11.0 Å². The number of imidazole rings is 1. The van der Waals surface area contributed by atoms with Crippen LogP contribution in [0.1, 0.15) is 19.2 Å². The summed E-state index contributed by atoms with van der Waals surface area (Å²) in [6.07, 6.45) is 2.08. The number of aryl methyl sites for hydroxylation is 1. The number of nitrogens with one attached hydrogen (secondary N) is 1. The Hall–Kier alpha value is -0.710. The molecule has 1 atom stereocenters. The van der Waals surface area contributed by atoms with Crippen molar-refractivity contribution in [3.63, 3.8) is 0 Å². The summed E-state index contributed by atoms with van der Waals surface area (Å²) >= 11 is 8.40. The van der Waals surface area contributed by atoms with E-state index in [4.69, 9.17) is 16.6 Å². The summed E-state index contributed by atoms with van der Waals surface area (Å²) in [7, 11) is 0. The van der Waals surface area contributed by atoms with Gasteiger partial charge < -0.3 is 9.88 Å². The lowest BCUT2D eigenvalue weighted by Gasteiger charge is -2.23. The molecule has 1 fully saturated rings. The fraction of sp³-hybridized carbons (Fsp3) is 0.533. The van der Waals surface area contributed by atoms with Crippen molar-refractivity contribution in [3.05, 3.63) is 29.0 Å². The van der Waals surface area contributed by atoms with Crippen molar-refractivity contribution < 1.29 is 0 Å². The van der Waals surface area contributed by atoms with Crippen LogP contribution in [-0.2, 0) is 13.0 Å². The molecule has 1 aliphatic rings. The number of benzene rings is 1. The summed E-state index contributed by atoms with van der Waals surface area (Å²) in [4.78, 5) is 4.82. The standard InChI is InChI=1S/C15H20ClN3S/c1-2-7-19-14(9-11-10-20-8-6-17-11)18-13-5-3-4-12(16)15(13)19/h3-5,11,17H,2,6-10H2,1H3. The molecule has 1 unspecified atom stereocenters. The predicted molar refractivity (Wildman–Crippen MR) is 87.9 cm³/mol. The molecule has 1 N–H and O–H groups in total. The zero-order valence-corrected chi connectivity index (χ0v) is 13.3. The first-order valence-electron chi connectivity index (χ1n) is 7.24. The van der Waals surface area contributed by atoms with E-state index in [2.05, 4.69) is 22.9 Å². The van der Waals surface area contributed by atoms with Crippen LogP contribution in [0.15, 0.2) is 18.2 Å². The molecule has 0 radical (unpaired) electrons. The number of rotatable bonds is 4. The highest BCUT2D eigenvalue weighted by Crippen LogP contribution is 2.26. The van der Waals surface area contributed by atoms with Gasteiger partial charge in [-0.3, -0.25) is 0 Å². The molecule has 1 aromatic carbocycles. The van der Waals surface area contributed by atoms with Gasteiger partial charge in [-0.15, -0.1) is 0 Å². The lowest BCUT2D eigenvalue weighted by molar-refractivity contribution is 0.531. The van der Waals surface area contributed by atoms with Crippen molar-refractivity contribution >= 4 is 34.4 Å². The second-order valence-corrected chi connectivity index (χ2v) is 6.77. The molecule has 0 saturated carbocycles. The molecule has 1 aliphatic heterocycles. The maximum absolute atomic E-state index is 6.37. The first-order valence-corrected chi connectivity index (χ1v) is 8.77. The van der Waals surface area contributed by atoms with Crippen LogP contribution >= 0.6 is 23.4 Å². The second-order valence-electron chi connectivity index (χ2n) is 5.22. The molecule has 108 valence electrons. The molecule has 1 aromatic heterocycles. The van der Waals surface area contributed by atoms with E-state index in [0.29, 0.717) is 6.04 Å². The van der Waals surface area contributed by atoms with Gasteiger partial charge in [0.05, 0.1) is 16.1 Å². The van der Waals surface area contributed by atoms with E-state index in [0.717, 1.165) is 47.8 Å². The Bertz CT molecular complexity index is 590. The number of halogens is 1. The highest BCUT2D eigenvalue weighted by molar-refractivity contribution is 7.99. The molecule has 1 saturated heterocycles.